The van der Waals surface area contributed by atoms with E-state index in [-0.39, 0.29) is 11.9 Å². The molecular weight excluding hydrogens is 366 g/mol. The first kappa shape index (κ1) is 18.8. The molecule has 4 rings (SSSR count). The Bertz CT molecular complexity index is 1060. The van der Waals surface area contributed by atoms with Crippen LogP contribution in [0, 0.1) is 11.3 Å². The lowest BCUT2D eigenvalue weighted by Crippen LogP contribution is -2.40. The number of ether oxygens (including phenoxy) is 1. The van der Waals surface area contributed by atoms with E-state index in [0.29, 0.717) is 23.0 Å². The van der Waals surface area contributed by atoms with E-state index < -0.39 is 0 Å². The number of hydrogen-bond acceptors (Lipinski definition) is 5. The molecule has 29 heavy (non-hydrogen) atoms. The summed E-state index contributed by atoms with van der Waals surface area (Å²) in [6, 6.07) is 15.6. The Morgan fingerprint density at radius 2 is 1.93 bits per heavy atom. The molecule has 1 amide bonds. The van der Waals surface area contributed by atoms with Crippen molar-refractivity contribution in [2.75, 3.05) is 12.4 Å². The fraction of sp³-hybridized carbons (Fsp3) is 0.318. The van der Waals surface area contributed by atoms with Gasteiger partial charge >= 0.3 is 0 Å². The number of imidazole rings is 1. The summed E-state index contributed by atoms with van der Waals surface area (Å²) in [6.07, 6.45) is 5.49. The number of nitrogens with one attached hydrogen (secondary N) is 2. The molecule has 1 saturated carbocycles. The van der Waals surface area contributed by atoms with Gasteiger partial charge in [0.05, 0.1) is 7.11 Å². The summed E-state index contributed by atoms with van der Waals surface area (Å²) in [4.78, 5) is 16.8. The van der Waals surface area contributed by atoms with Gasteiger partial charge in [-0.3, -0.25) is 9.20 Å². The zero-order chi connectivity index (χ0) is 20.2. The average Bonchev–Trinajstić information content (AvgIpc) is 3.19. The van der Waals surface area contributed by atoms with E-state index in [4.69, 9.17) is 10.00 Å². The van der Waals surface area contributed by atoms with Crippen molar-refractivity contribution < 1.29 is 9.53 Å². The molecule has 3 aromatic rings. The Hall–Kier alpha value is -3.53. The first-order valence-corrected chi connectivity index (χ1v) is 9.76. The van der Waals surface area contributed by atoms with Gasteiger partial charge in [-0.1, -0.05) is 12.1 Å². The smallest absolute Gasteiger partial charge is 0.251 e. The number of methoxy groups -OCH3 is 1. The molecule has 2 N–H and O–H groups in total. The molecule has 1 aromatic carbocycles. The SMILES string of the molecule is COc1cccc(C(=O)NC2CCC(Nc3cccc4nc(C#N)cn34)CC2)c1. The highest BCUT2D eigenvalue weighted by Gasteiger charge is 2.23. The number of carbonyl (C=O) groups excluding carboxylic acids is 1. The van der Waals surface area contributed by atoms with Gasteiger partial charge in [-0.2, -0.15) is 5.26 Å². The van der Waals surface area contributed by atoms with Crippen molar-refractivity contribution >= 4 is 17.4 Å². The van der Waals surface area contributed by atoms with Gasteiger partial charge in [0.1, 0.15) is 23.3 Å². The maximum atomic E-state index is 12.5. The van der Waals surface area contributed by atoms with E-state index in [0.717, 1.165) is 37.1 Å². The molecule has 7 nitrogen and oxygen atoms in total. The fourth-order valence-electron chi connectivity index (χ4n) is 3.81. The van der Waals surface area contributed by atoms with Gasteiger partial charge in [0, 0.05) is 23.8 Å². The third kappa shape index (κ3) is 4.16. The van der Waals surface area contributed by atoms with Crippen LogP contribution in [0.4, 0.5) is 5.82 Å². The Morgan fingerprint density at radius 1 is 1.17 bits per heavy atom. The van der Waals surface area contributed by atoms with Crippen LogP contribution in [0.1, 0.15) is 41.7 Å². The van der Waals surface area contributed by atoms with Crippen molar-refractivity contribution in [2.45, 2.75) is 37.8 Å². The number of benzene rings is 1. The number of hydrogen-bond donors (Lipinski definition) is 2. The van der Waals surface area contributed by atoms with Gasteiger partial charge in [-0.05, 0) is 56.0 Å². The molecule has 2 aromatic heterocycles. The van der Waals surface area contributed by atoms with Crippen molar-refractivity contribution in [3.8, 4) is 11.8 Å². The van der Waals surface area contributed by atoms with Crippen LogP contribution in [0.15, 0.2) is 48.7 Å². The lowest BCUT2D eigenvalue weighted by atomic mass is 9.91. The Morgan fingerprint density at radius 3 is 2.69 bits per heavy atom. The monoisotopic (exact) mass is 389 g/mol. The van der Waals surface area contributed by atoms with E-state index in [1.807, 2.05) is 34.7 Å². The van der Waals surface area contributed by atoms with E-state index >= 15 is 0 Å². The van der Waals surface area contributed by atoms with Gasteiger partial charge in [-0.15, -0.1) is 0 Å². The highest BCUT2D eigenvalue weighted by atomic mass is 16.5. The largest absolute Gasteiger partial charge is 0.497 e. The number of amides is 1. The van der Waals surface area contributed by atoms with Crippen LogP contribution >= 0.6 is 0 Å². The Balaban J connectivity index is 1.34. The van der Waals surface area contributed by atoms with Crippen molar-refractivity contribution in [1.29, 1.82) is 5.26 Å². The van der Waals surface area contributed by atoms with E-state index in [1.165, 1.54) is 0 Å². The maximum absolute atomic E-state index is 12.5. The van der Waals surface area contributed by atoms with Crippen LogP contribution < -0.4 is 15.4 Å². The summed E-state index contributed by atoms with van der Waals surface area (Å²) in [5.74, 6) is 1.55. The summed E-state index contributed by atoms with van der Waals surface area (Å²) in [6.45, 7) is 0. The number of anilines is 1. The quantitative estimate of drug-likeness (QED) is 0.698. The molecule has 0 spiro atoms. The lowest BCUT2D eigenvalue weighted by molar-refractivity contribution is 0.0926. The van der Waals surface area contributed by atoms with E-state index in [2.05, 4.69) is 21.7 Å². The number of rotatable bonds is 5. The zero-order valence-electron chi connectivity index (χ0n) is 16.3. The van der Waals surface area contributed by atoms with Gasteiger partial charge in [-0.25, -0.2) is 4.98 Å². The number of nitriles is 1. The molecule has 2 heterocycles. The van der Waals surface area contributed by atoms with Crippen molar-refractivity contribution in [3.05, 3.63) is 59.9 Å². The second-order valence-electron chi connectivity index (χ2n) is 7.28. The summed E-state index contributed by atoms with van der Waals surface area (Å²) in [7, 11) is 1.59. The molecular formula is C22H23N5O2. The normalized spacial score (nSPS) is 18.8. The fourth-order valence-corrected chi connectivity index (χ4v) is 3.81. The first-order valence-electron chi connectivity index (χ1n) is 9.76. The Labute approximate surface area is 169 Å². The number of carbonyl (C=O) groups is 1. The molecule has 0 bridgehead atoms. The standard InChI is InChI=1S/C22H23N5O2/c1-29-19-5-2-4-15(12-19)22(28)26-17-10-8-16(9-11-17)24-20-6-3-7-21-25-18(13-23)14-27(20)21/h2-7,12,14,16-17,24H,8-11H2,1H3,(H,26,28). The van der Waals surface area contributed by atoms with Gasteiger partial charge < -0.3 is 15.4 Å². The molecule has 0 unspecified atom stereocenters. The van der Waals surface area contributed by atoms with Crippen molar-refractivity contribution in [2.24, 2.45) is 0 Å². The van der Waals surface area contributed by atoms with E-state index in [9.17, 15) is 4.79 Å². The van der Waals surface area contributed by atoms with Crippen LogP contribution in [0.3, 0.4) is 0 Å². The predicted molar refractivity (Wildman–Crippen MR) is 110 cm³/mol. The van der Waals surface area contributed by atoms with Crippen LogP contribution in [-0.4, -0.2) is 34.5 Å². The van der Waals surface area contributed by atoms with Crippen LogP contribution in [0.2, 0.25) is 0 Å². The van der Waals surface area contributed by atoms with Crippen molar-refractivity contribution in [1.82, 2.24) is 14.7 Å². The lowest BCUT2D eigenvalue weighted by Gasteiger charge is -2.30. The third-order valence-electron chi connectivity index (χ3n) is 5.35. The summed E-state index contributed by atoms with van der Waals surface area (Å²) in [5, 5.41) is 15.8. The predicted octanol–water partition coefficient (Wildman–Crippen LogP) is 3.37. The van der Waals surface area contributed by atoms with Crippen LogP contribution in [0.5, 0.6) is 5.75 Å². The molecule has 1 aliphatic rings. The van der Waals surface area contributed by atoms with Crippen LogP contribution in [0.25, 0.3) is 5.65 Å². The van der Waals surface area contributed by atoms with Gasteiger partial charge in [0.15, 0.2) is 5.69 Å². The summed E-state index contributed by atoms with van der Waals surface area (Å²) in [5.41, 5.74) is 1.78. The zero-order valence-corrected chi connectivity index (χ0v) is 16.3. The number of nitrogens with zero attached hydrogens (tertiary/aromatic N) is 3. The molecule has 148 valence electrons. The number of pyridine rings is 1. The summed E-state index contributed by atoms with van der Waals surface area (Å²) >= 11 is 0. The van der Waals surface area contributed by atoms with E-state index in [1.54, 1.807) is 25.4 Å². The maximum Gasteiger partial charge on any atom is 0.251 e. The minimum atomic E-state index is -0.0625. The molecule has 0 aliphatic heterocycles. The van der Waals surface area contributed by atoms with Crippen LogP contribution in [-0.2, 0) is 0 Å². The molecule has 0 radical (unpaired) electrons. The molecule has 1 fully saturated rings. The van der Waals surface area contributed by atoms with Crippen molar-refractivity contribution in [3.63, 3.8) is 0 Å². The summed E-state index contributed by atoms with van der Waals surface area (Å²) < 4.78 is 7.10. The highest BCUT2D eigenvalue weighted by Crippen LogP contribution is 2.24. The highest BCUT2D eigenvalue weighted by molar-refractivity contribution is 5.94. The first-order chi connectivity index (χ1) is 14.2. The van der Waals surface area contributed by atoms with Gasteiger partial charge in [0.2, 0.25) is 0 Å². The molecule has 7 heteroatoms. The molecule has 0 atom stereocenters. The second kappa shape index (κ2) is 8.23. The minimum absolute atomic E-state index is 0.0625. The molecule has 0 saturated heterocycles. The average molecular weight is 389 g/mol. The van der Waals surface area contributed by atoms with Gasteiger partial charge in [0.25, 0.3) is 5.91 Å². The number of fused-ring (bicyclic) bond motifs is 1. The second-order valence-corrected chi connectivity index (χ2v) is 7.28. The molecule has 1 aliphatic carbocycles. The minimum Gasteiger partial charge on any atom is -0.497 e. The Kier molecular flexibility index (Phi) is 5.34. The third-order valence-corrected chi connectivity index (χ3v) is 5.35. The number of aromatic nitrogens is 2. The topological polar surface area (TPSA) is 91.4 Å².